The molecular formula is C16H16F2N2O3S. The SMILES string of the molecule is O=C(CNC(=O)c1ccccc1OC(F)F)NCCc1cccs1. The van der Waals surface area contributed by atoms with Crippen LogP contribution in [0.4, 0.5) is 8.78 Å². The third kappa shape index (κ3) is 5.62. The van der Waals surface area contributed by atoms with E-state index in [1.165, 1.54) is 24.3 Å². The molecule has 0 aliphatic heterocycles. The molecule has 2 aromatic rings. The van der Waals surface area contributed by atoms with Crippen LogP contribution in [0.1, 0.15) is 15.2 Å². The molecule has 0 aliphatic carbocycles. The molecule has 0 saturated heterocycles. The molecule has 0 bridgehead atoms. The molecule has 0 atom stereocenters. The number of hydrogen-bond acceptors (Lipinski definition) is 4. The quantitative estimate of drug-likeness (QED) is 0.765. The number of halogens is 2. The second-order valence-corrected chi connectivity index (χ2v) is 5.77. The number of para-hydroxylation sites is 1. The first-order chi connectivity index (χ1) is 11.6. The Morgan fingerprint density at radius 3 is 2.62 bits per heavy atom. The van der Waals surface area contributed by atoms with Gasteiger partial charge in [0.25, 0.3) is 5.91 Å². The van der Waals surface area contributed by atoms with Gasteiger partial charge in [-0.1, -0.05) is 18.2 Å². The molecule has 0 saturated carbocycles. The van der Waals surface area contributed by atoms with Crippen molar-refractivity contribution in [3.05, 3.63) is 52.2 Å². The van der Waals surface area contributed by atoms with Gasteiger partial charge in [-0.3, -0.25) is 9.59 Å². The molecule has 1 heterocycles. The first-order valence-corrected chi connectivity index (χ1v) is 8.05. The van der Waals surface area contributed by atoms with Crippen LogP contribution in [0.15, 0.2) is 41.8 Å². The highest BCUT2D eigenvalue weighted by molar-refractivity contribution is 7.09. The fourth-order valence-corrected chi connectivity index (χ4v) is 2.66. The van der Waals surface area contributed by atoms with E-state index in [1.807, 2.05) is 17.5 Å². The third-order valence-corrected chi connectivity index (χ3v) is 3.97. The average molecular weight is 354 g/mol. The molecule has 0 aliphatic rings. The molecule has 2 N–H and O–H groups in total. The third-order valence-electron chi connectivity index (χ3n) is 3.03. The zero-order chi connectivity index (χ0) is 17.4. The second-order valence-electron chi connectivity index (χ2n) is 4.74. The van der Waals surface area contributed by atoms with E-state index >= 15 is 0 Å². The summed E-state index contributed by atoms with van der Waals surface area (Å²) in [5, 5.41) is 7.01. The van der Waals surface area contributed by atoms with Gasteiger partial charge in [0.15, 0.2) is 0 Å². The van der Waals surface area contributed by atoms with Crippen molar-refractivity contribution < 1.29 is 23.1 Å². The lowest BCUT2D eigenvalue weighted by molar-refractivity contribution is -0.120. The van der Waals surface area contributed by atoms with E-state index in [9.17, 15) is 18.4 Å². The van der Waals surface area contributed by atoms with Gasteiger partial charge in [-0.2, -0.15) is 8.78 Å². The fourth-order valence-electron chi connectivity index (χ4n) is 1.95. The van der Waals surface area contributed by atoms with Crippen LogP contribution in [-0.4, -0.2) is 31.5 Å². The van der Waals surface area contributed by atoms with E-state index in [-0.39, 0.29) is 23.8 Å². The number of nitrogens with one attached hydrogen (secondary N) is 2. The molecule has 1 aromatic heterocycles. The summed E-state index contributed by atoms with van der Waals surface area (Å²) in [5.74, 6) is -1.24. The first kappa shape index (κ1) is 17.9. The van der Waals surface area contributed by atoms with Gasteiger partial charge < -0.3 is 15.4 Å². The molecule has 0 radical (unpaired) electrons. The molecule has 24 heavy (non-hydrogen) atoms. The van der Waals surface area contributed by atoms with Crippen LogP contribution in [0.5, 0.6) is 5.75 Å². The minimum Gasteiger partial charge on any atom is -0.434 e. The van der Waals surface area contributed by atoms with Crippen LogP contribution in [-0.2, 0) is 11.2 Å². The minimum atomic E-state index is -3.03. The minimum absolute atomic E-state index is 0.0517. The maximum Gasteiger partial charge on any atom is 0.387 e. The number of thiophene rings is 1. The molecule has 5 nitrogen and oxygen atoms in total. The number of alkyl halides is 2. The molecule has 0 fully saturated rings. The van der Waals surface area contributed by atoms with E-state index in [1.54, 1.807) is 11.3 Å². The molecule has 8 heteroatoms. The molecule has 1 aromatic carbocycles. The highest BCUT2D eigenvalue weighted by Gasteiger charge is 2.15. The van der Waals surface area contributed by atoms with Crippen molar-refractivity contribution >= 4 is 23.2 Å². The van der Waals surface area contributed by atoms with Crippen molar-refractivity contribution in [3.8, 4) is 5.75 Å². The van der Waals surface area contributed by atoms with E-state index in [0.717, 1.165) is 4.88 Å². The Labute approximate surface area is 141 Å². The van der Waals surface area contributed by atoms with Crippen LogP contribution in [0.25, 0.3) is 0 Å². The Balaban J connectivity index is 1.79. The van der Waals surface area contributed by atoms with Gasteiger partial charge in [0, 0.05) is 11.4 Å². The number of carbonyl (C=O) groups is 2. The summed E-state index contributed by atoms with van der Waals surface area (Å²) in [4.78, 5) is 24.8. The van der Waals surface area contributed by atoms with Crippen molar-refractivity contribution in [2.24, 2.45) is 0 Å². The van der Waals surface area contributed by atoms with Gasteiger partial charge in [0.2, 0.25) is 5.91 Å². The summed E-state index contributed by atoms with van der Waals surface area (Å²) < 4.78 is 28.9. The van der Waals surface area contributed by atoms with Crippen molar-refractivity contribution in [3.63, 3.8) is 0 Å². The number of benzene rings is 1. The molecule has 2 rings (SSSR count). The zero-order valence-electron chi connectivity index (χ0n) is 12.6. The van der Waals surface area contributed by atoms with Gasteiger partial charge in [0.1, 0.15) is 5.75 Å². The summed E-state index contributed by atoms with van der Waals surface area (Å²) in [6.07, 6.45) is 0.711. The molecule has 128 valence electrons. The number of hydrogen-bond donors (Lipinski definition) is 2. The van der Waals surface area contributed by atoms with Gasteiger partial charge in [-0.05, 0) is 30.0 Å². The summed E-state index contributed by atoms with van der Waals surface area (Å²) in [6.45, 7) is -2.81. The Morgan fingerprint density at radius 1 is 1.12 bits per heavy atom. The predicted molar refractivity (Wildman–Crippen MR) is 86.4 cm³/mol. The molecular weight excluding hydrogens is 338 g/mol. The van der Waals surface area contributed by atoms with E-state index in [2.05, 4.69) is 15.4 Å². The second kappa shape index (κ2) is 8.97. The van der Waals surface area contributed by atoms with Crippen LogP contribution in [0.3, 0.4) is 0 Å². The predicted octanol–water partition coefficient (Wildman–Crippen LogP) is 2.44. The first-order valence-electron chi connectivity index (χ1n) is 7.17. The van der Waals surface area contributed by atoms with Crippen LogP contribution in [0.2, 0.25) is 0 Å². The lowest BCUT2D eigenvalue weighted by Crippen LogP contribution is -2.37. The van der Waals surface area contributed by atoms with E-state index in [4.69, 9.17) is 0 Å². The van der Waals surface area contributed by atoms with E-state index in [0.29, 0.717) is 13.0 Å². The average Bonchev–Trinajstić information content (AvgIpc) is 3.06. The van der Waals surface area contributed by atoms with Gasteiger partial charge in [0.05, 0.1) is 12.1 Å². The van der Waals surface area contributed by atoms with Crippen molar-refractivity contribution in [2.75, 3.05) is 13.1 Å². The smallest absolute Gasteiger partial charge is 0.387 e. The summed E-state index contributed by atoms with van der Waals surface area (Å²) >= 11 is 1.60. The monoisotopic (exact) mass is 354 g/mol. The largest absolute Gasteiger partial charge is 0.434 e. The number of carbonyl (C=O) groups excluding carboxylic acids is 2. The maximum atomic E-state index is 12.3. The van der Waals surface area contributed by atoms with Gasteiger partial charge >= 0.3 is 6.61 Å². The van der Waals surface area contributed by atoms with Crippen molar-refractivity contribution in [1.29, 1.82) is 0 Å². The Bertz CT molecular complexity index is 678. The molecule has 2 amide bonds. The maximum absolute atomic E-state index is 12.3. The Hall–Kier alpha value is -2.48. The number of amides is 2. The summed E-state index contributed by atoms with van der Waals surface area (Å²) in [6, 6.07) is 9.52. The highest BCUT2D eigenvalue weighted by Crippen LogP contribution is 2.19. The van der Waals surface area contributed by atoms with Crippen LogP contribution >= 0.6 is 11.3 Å². The summed E-state index contributed by atoms with van der Waals surface area (Å²) in [5.41, 5.74) is -0.0517. The number of ether oxygens (including phenoxy) is 1. The molecule has 0 spiro atoms. The van der Waals surface area contributed by atoms with Crippen LogP contribution in [0, 0.1) is 0 Å². The lowest BCUT2D eigenvalue weighted by atomic mass is 10.2. The Morgan fingerprint density at radius 2 is 1.92 bits per heavy atom. The lowest BCUT2D eigenvalue weighted by Gasteiger charge is -2.11. The van der Waals surface area contributed by atoms with Gasteiger partial charge in [-0.15, -0.1) is 11.3 Å². The molecule has 0 unspecified atom stereocenters. The van der Waals surface area contributed by atoms with Crippen molar-refractivity contribution in [2.45, 2.75) is 13.0 Å². The highest BCUT2D eigenvalue weighted by atomic mass is 32.1. The Kier molecular flexibility index (Phi) is 6.68. The van der Waals surface area contributed by atoms with Crippen molar-refractivity contribution in [1.82, 2.24) is 10.6 Å². The fraction of sp³-hybridized carbons (Fsp3) is 0.250. The normalized spacial score (nSPS) is 10.5. The topological polar surface area (TPSA) is 67.4 Å². The standard InChI is InChI=1S/C16H16F2N2O3S/c17-16(18)23-13-6-2-1-5-12(13)15(22)20-10-14(21)19-8-7-11-4-3-9-24-11/h1-6,9,16H,7-8,10H2,(H,19,21)(H,20,22). The summed E-state index contributed by atoms with van der Waals surface area (Å²) in [7, 11) is 0. The van der Waals surface area contributed by atoms with Gasteiger partial charge in [-0.25, -0.2) is 0 Å². The van der Waals surface area contributed by atoms with Crippen LogP contribution < -0.4 is 15.4 Å². The van der Waals surface area contributed by atoms with E-state index < -0.39 is 12.5 Å². The number of rotatable bonds is 8. The zero-order valence-corrected chi connectivity index (χ0v) is 13.4.